The normalized spacial score (nSPS) is 15.1. The molecule has 1 aromatic heterocycles. The summed E-state index contributed by atoms with van der Waals surface area (Å²) in [6, 6.07) is 9.32. The topological polar surface area (TPSA) is 59.0 Å². The van der Waals surface area contributed by atoms with Crippen LogP contribution in [0.25, 0.3) is 5.69 Å². The second kappa shape index (κ2) is 7.63. The van der Waals surface area contributed by atoms with Gasteiger partial charge in [0.1, 0.15) is 0 Å². The minimum atomic E-state index is -0.123. The Morgan fingerprint density at radius 3 is 2.82 bits per heavy atom. The summed E-state index contributed by atoms with van der Waals surface area (Å²) in [5.41, 5.74) is 1.26. The number of carbonyl (C=O) groups is 1. The second-order valence-corrected chi connectivity index (χ2v) is 5.56. The predicted octanol–water partition coefficient (Wildman–Crippen LogP) is 2.43. The second-order valence-electron chi connectivity index (χ2n) is 5.12. The van der Waals surface area contributed by atoms with Gasteiger partial charge in [-0.1, -0.05) is 17.7 Å². The number of carbonyl (C=O) groups excluding carboxylic acids is 1. The van der Waals surface area contributed by atoms with E-state index in [1.54, 1.807) is 23.0 Å². The molecule has 22 heavy (non-hydrogen) atoms. The third-order valence-corrected chi connectivity index (χ3v) is 3.80. The van der Waals surface area contributed by atoms with E-state index >= 15 is 0 Å². The van der Waals surface area contributed by atoms with Crippen LogP contribution in [0.3, 0.4) is 0 Å². The average Bonchev–Trinajstić information content (AvgIpc) is 2.98. The fourth-order valence-electron chi connectivity index (χ4n) is 2.43. The van der Waals surface area contributed by atoms with Gasteiger partial charge in [-0.25, -0.2) is 4.68 Å². The Balaban J connectivity index is 0.00000176. The van der Waals surface area contributed by atoms with E-state index in [2.05, 4.69) is 15.7 Å². The molecule has 0 saturated carbocycles. The maximum absolute atomic E-state index is 12.2. The SMILES string of the molecule is Cl.O=C(NC1CCNCC1)c1ccn(-c2cccc(Cl)c2)n1. The Labute approximate surface area is 140 Å². The fourth-order valence-corrected chi connectivity index (χ4v) is 2.62. The van der Waals surface area contributed by atoms with Gasteiger partial charge in [0.25, 0.3) is 5.91 Å². The van der Waals surface area contributed by atoms with E-state index in [4.69, 9.17) is 11.6 Å². The van der Waals surface area contributed by atoms with Crippen LogP contribution in [0.2, 0.25) is 5.02 Å². The van der Waals surface area contributed by atoms with Gasteiger partial charge < -0.3 is 10.6 Å². The van der Waals surface area contributed by atoms with Crippen LogP contribution < -0.4 is 10.6 Å². The molecule has 1 fully saturated rings. The Morgan fingerprint density at radius 1 is 1.32 bits per heavy atom. The highest BCUT2D eigenvalue weighted by molar-refractivity contribution is 6.30. The Kier molecular flexibility index (Phi) is 5.83. The van der Waals surface area contributed by atoms with E-state index in [9.17, 15) is 4.79 Å². The van der Waals surface area contributed by atoms with Gasteiger partial charge in [0, 0.05) is 17.3 Å². The van der Waals surface area contributed by atoms with Gasteiger partial charge in [0.05, 0.1) is 5.69 Å². The number of nitrogens with zero attached hydrogens (tertiary/aromatic N) is 2. The molecule has 7 heteroatoms. The van der Waals surface area contributed by atoms with Crippen LogP contribution in [0.5, 0.6) is 0 Å². The molecule has 1 aliphatic rings. The predicted molar refractivity (Wildman–Crippen MR) is 89.2 cm³/mol. The molecule has 1 amide bonds. The van der Waals surface area contributed by atoms with E-state index in [1.165, 1.54) is 0 Å². The molecular weight excluding hydrogens is 323 g/mol. The molecule has 0 atom stereocenters. The largest absolute Gasteiger partial charge is 0.348 e. The van der Waals surface area contributed by atoms with Gasteiger partial charge in [-0.05, 0) is 50.2 Å². The van der Waals surface area contributed by atoms with Gasteiger partial charge in [-0.3, -0.25) is 4.79 Å². The third kappa shape index (κ3) is 4.00. The molecule has 1 saturated heterocycles. The van der Waals surface area contributed by atoms with Gasteiger partial charge in [0.2, 0.25) is 0 Å². The van der Waals surface area contributed by atoms with Crippen LogP contribution >= 0.6 is 24.0 Å². The first kappa shape index (κ1) is 16.8. The number of hydrogen-bond donors (Lipinski definition) is 2. The summed E-state index contributed by atoms with van der Waals surface area (Å²) in [6.07, 6.45) is 3.69. The van der Waals surface area contributed by atoms with Crippen LogP contribution in [-0.2, 0) is 0 Å². The molecule has 0 bridgehead atoms. The quantitative estimate of drug-likeness (QED) is 0.902. The number of aromatic nitrogens is 2. The summed E-state index contributed by atoms with van der Waals surface area (Å²) < 4.78 is 1.66. The zero-order valence-electron chi connectivity index (χ0n) is 12.0. The molecule has 1 aliphatic heterocycles. The monoisotopic (exact) mass is 340 g/mol. The van der Waals surface area contributed by atoms with E-state index in [0.717, 1.165) is 31.6 Å². The van der Waals surface area contributed by atoms with Crippen molar-refractivity contribution in [3.63, 3.8) is 0 Å². The van der Waals surface area contributed by atoms with Crippen molar-refractivity contribution in [3.05, 3.63) is 47.2 Å². The highest BCUT2D eigenvalue weighted by atomic mass is 35.5. The molecule has 0 aliphatic carbocycles. The molecular formula is C15H18Cl2N4O. The van der Waals surface area contributed by atoms with E-state index in [-0.39, 0.29) is 24.4 Å². The zero-order valence-corrected chi connectivity index (χ0v) is 13.5. The molecule has 118 valence electrons. The van der Waals surface area contributed by atoms with Crippen molar-refractivity contribution in [2.45, 2.75) is 18.9 Å². The standard InChI is InChI=1S/C15H17ClN4O.ClH/c16-11-2-1-3-13(10-11)20-9-6-14(19-20)15(21)18-12-4-7-17-8-5-12;/h1-3,6,9-10,12,17H,4-5,7-8H2,(H,18,21);1H. The van der Waals surface area contributed by atoms with Gasteiger partial charge in [-0.2, -0.15) is 5.10 Å². The van der Waals surface area contributed by atoms with Crippen LogP contribution in [0, 0.1) is 0 Å². The minimum absolute atomic E-state index is 0. The lowest BCUT2D eigenvalue weighted by Crippen LogP contribution is -2.42. The molecule has 0 radical (unpaired) electrons. The average molecular weight is 341 g/mol. The Morgan fingerprint density at radius 2 is 2.09 bits per heavy atom. The van der Waals surface area contributed by atoms with Crippen LogP contribution in [-0.4, -0.2) is 34.8 Å². The number of amides is 1. The molecule has 3 rings (SSSR count). The van der Waals surface area contributed by atoms with Crippen LogP contribution in [0.4, 0.5) is 0 Å². The Hall–Kier alpha value is -1.56. The van der Waals surface area contributed by atoms with E-state index < -0.39 is 0 Å². The fraction of sp³-hybridized carbons (Fsp3) is 0.333. The number of halogens is 2. The van der Waals surface area contributed by atoms with Crippen molar-refractivity contribution in [1.82, 2.24) is 20.4 Å². The van der Waals surface area contributed by atoms with Gasteiger partial charge in [-0.15, -0.1) is 12.4 Å². The maximum Gasteiger partial charge on any atom is 0.272 e. The summed E-state index contributed by atoms with van der Waals surface area (Å²) in [6.45, 7) is 1.89. The summed E-state index contributed by atoms with van der Waals surface area (Å²) in [5.74, 6) is -0.123. The summed E-state index contributed by atoms with van der Waals surface area (Å²) >= 11 is 5.97. The lowest BCUT2D eigenvalue weighted by atomic mass is 10.1. The highest BCUT2D eigenvalue weighted by Gasteiger charge is 2.18. The summed E-state index contributed by atoms with van der Waals surface area (Å²) in [5, 5.41) is 11.3. The smallest absolute Gasteiger partial charge is 0.272 e. The molecule has 5 nitrogen and oxygen atoms in total. The first-order valence-electron chi connectivity index (χ1n) is 7.05. The van der Waals surface area contributed by atoms with Gasteiger partial charge in [0.15, 0.2) is 5.69 Å². The van der Waals surface area contributed by atoms with Crippen LogP contribution in [0.1, 0.15) is 23.3 Å². The lowest BCUT2D eigenvalue weighted by Gasteiger charge is -2.23. The Bertz CT molecular complexity index is 638. The first-order valence-corrected chi connectivity index (χ1v) is 7.43. The first-order chi connectivity index (χ1) is 10.2. The molecule has 1 aromatic carbocycles. The van der Waals surface area contributed by atoms with Crippen LogP contribution in [0.15, 0.2) is 36.5 Å². The number of benzene rings is 1. The van der Waals surface area contributed by atoms with Crippen molar-refractivity contribution in [2.75, 3.05) is 13.1 Å². The van der Waals surface area contributed by atoms with Crippen molar-refractivity contribution < 1.29 is 4.79 Å². The molecule has 2 N–H and O–H groups in total. The summed E-state index contributed by atoms with van der Waals surface area (Å²) in [4.78, 5) is 12.2. The number of hydrogen-bond acceptors (Lipinski definition) is 3. The number of piperidine rings is 1. The number of nitrogens with one attached hydrogen (secondary N) is 2. The third-order valence-electron chi connectivity index (χ3n) is 3.57. The van der Waals surface area contributed by atoms with E-state index in [1.807, 2.05) is 18.2 Å². The molecule has 2 heterocycles. The molecule has 2 aromatic rings. The highest BCUT2D eigenvalue weighted by Crippen LogP contribution is 2.14. The van der Waals surface area contributed by atoms with Crippen molar-refractivity contribution in [2.24, 2.45) is 0 Å². The zero-order chi connectivity index (χ0) is 14.7. The minimum Gasteiger partial charge on any atom is -0.348 e. The number of rotatable bonds is 3. The van der Waals surface area contributed by atoms with Crippen molar-refractivity contribution in [3.8, 4) is 5.69 Å². The van der Waals surface area contributed by atoms with Gasteiger partial charge >= 0.3 is 0 Å². The lowest BCUT2D eigenvalue weighted by molar-refractivity contribution is 0.0924. The van der Waals surface area contributed by atoms with Crippen molar-refractivity contribution >= 4 is 29.9 Å². The molecule has 0 spiro atoms. The molecule has 0 unspecified atom stereocenters. The summed E-state index contributed by atoms with van der Waals surface area (Å²) in [7, 11) is 0. The van der Waals surface area contributed by atoms with Crippen molar-refractivity contribution in [1.29, 1.82) is 0 Å². The van der Waals surface area contributed by atoms with E-state index in [0.29, 0.717) is 10.7 Å². The maximum atomic E-state index is 12.2.